The van der Waals surface area contributed by atoms with Crippen molar-refractivity contribution in [3.63, 3.8) is 0 Å². The van der Waals surface area contributed by atoms with Crippen LogP contribution in [0.3, 0.4) is 0 Å². The molecule has 0 aliphatic heterocycles. The summed E-state index contributed by atoms with van der Waals surface area (Å²) in [4.78, 5) is 25.6. The van der Waals surface area contributed by atoms with Gasteiger partial charge in [0.1, 0.15) is 5.82 Å². The summed E-state index contributed by atoms with van der Waals surface area (Å²) in [6.45, 7) is 1.78. The highest BCUT2D eigenvalue weighted by Crippen LogP contribution is 2.23. The van der Waals surface area contributed by atoms with Gasteiger partial charge >= 0.3 is 5.97 Å². The molecular weight excluding hydrogens is 371 g/mol. The summed E-state index contributed by atoms with van der Waals surface area (Å²) in [6, 6.07) is 9.56. The molecule has 0 bridgehead atoms. The van der Waals surface area contributed by atoms with Crippen LogP contribution < -0.4 is 0 Å². The van der Waals surface area contributed by atoms with E-state index in [9.17, 15) is 22.8 Å². The summed E-state index contributed by atoms with van der Waals surface area (Å²) in [5.74, 6) is -3.61. The van der Waals surface area contributed by atoms with Gasteiger partial charge in [-0.25, -0.2) is 13.2 Å². The second-order valence-corrected chi connectivity index (χ2v) is 6.52. The van der Waals surface area contributed by atoms with Crippen LogP contribution in [0.5, 0.6) is 0 Å². The molecular formula is C21H22F3NO3. The number of esters is 1. The second kappa shape index (κ2) is 9.92. The largest absolute Gasteiger partial charge is 0.469 e. The molecule has 1 amide bonds. The van der Waals surface area contributed by atoms with Gasteiger partial charge in [0.05, 0.1) is 13.5 Å². The molecule has 0 heterocycles. The molecule has 150 valence electrons. The first kappa shape index (κ1) is 21.5. The Hall–Kier alpha value is -2.83. The van der Waals surface area contributed by atoms with Crippen molar-refractivity contribution < 1.29 is 27.5 Å². The van der Waals surface area contributed by atoms with Gasteiger partial charge in [0.2, 0.25) is 5.91 Å². The van der Waals surface area contributed by atoms with Gasteiger partial charge in [0.25, 0.3) is 0 Å². The molecule has 0 N–H and O–H groups in total. The lowest BCUT2D eigenvalue weighted by molar-refractivity contribution is -0.142. The van der Waals surface area contributed by atoms with E-state index in [1.54, 1.807) is 25.1 Å². The molecule has 0 aliphatic rings. The minimum atomic E-state index is -1.02. The number of methoxy groups -OCH3 is 1. The van der Waals surface area contributed by atoms with E-state index in [0.29, 0.717) is 11.1 Å². The first-order chi connectivity index (χ1) is 13.3. The second-order valence-electron chi connectivity index (χ2n) is 6.52. The summed E-state index contributed by atoms with van der Waals surface area (Å²) in [5.41, 5.74) is 0.798. The lowest BCUT2D eigenvalue weighted by atomic mass is 9.96. The van der Waals surface area contributed by atoms with Gasteiger partial charge in [-0.3, -0.25) is 9.59 Å². The van der Waals surface area contributed by atoms with Crippen LogP contribution in [-0.2, 0) is 20.9 Å². The summed E-state index contributed by atoms with van der Waals surface area (Å²) >= 11 is 0. The smallest absolute Gasteiger partial charge is 0.307 e. The third-order valence-electron chi connectivity index (χ3n) is 4.44. The Bertz CT molecular complexity index is 841. The monoisotopic (exact) mass is 393 g/mol. The number of rotatable bonds is 8. The fourth-order valence-electron chi connectivity index (χ4n) is 2.85. The quantitative estimate of drug-likeness (QED) is 0.632. The number of hydrogen-bond donors (Lipinski definition) is 0. The molecule has 0 aromatic heterocycles. The zero-order chi connectivity index (χ0) is 20.7. The van der Waals surface area contributed by atoms with E-state index in [1.165, 1.54) is 24.1 Å². The Balaban J connectivity index is 2.14. The minimum absolute atomic E-state index is 0.00296. The number of carbonyl (C=O) groups is 2. The van der Waals surface area contributed by atoms with Gasteiger partial charge in [0, 0.05) is 19.5 Å². The normalized spacial score (nSPS) is 11.8. The maximum absolute atomic E-state index is 14.0. The third kappa shape index (κ3) is 5.84. The van der Waals surface area contributed by atoms with Crippen molar-refractivity contribution in [3.05, 3.63) is 71.0 Å². The highest BCUT2D eigenvalue weighted by Gasteiger charge is 2.21. The van der Waals surface area contributed by atoms with Crippen LogP contribution in [0.1, 0.15) is 36.8 Å². The summed E-state index contributed by atoms with van der Waals surface area (Å²) in [6.07, 6.45) is -0.0359. The molecule has 0 spiro atoms. The molecule has 0 radical (unpaired) electrons. The minimum Gasteiger partial charge on any atom is -0.469 e. The van der Waals surface area contributed by atoms with E-state index in [1.807, 2.05) is 0 Å². The van der Waals surface area contributed by atoms with E-state index in [-0.39, 0.29) is 37.8 Å². The molecule has 7 heteroatoms. The zero-order valence-electron chi connectivity index (χ0n) is 15.8. The van der Waals surface area contributed by atoms with Crippen LogP contribution in [0.2, 0.25) is 0 Å². The molecule has 2 aromatic rings. The Morgan fingerprint density at radius 3 is 2.39 bits per heavy atom. The molecule has 1 atom stereocenters. The molecule has 0 saturated heterocycles. The van der Waals surface area contributed by atoms with Crippen molar-refractivity contribution in [2.75, 3.05) is 13.7 Å². The van der Waals surface area contributed by atoms with E-state index in [2.05, 4.69) is 4.74 Å². The van der Waals surface area contributed by atoms with Gasteiger partial charge in [-0.05, 0) is 35.2 Å². The van der Waals surface area contributed by atoms with Gasteiger partial charge < -0.3 is 9.64 Å². The maximum Gasteiger partial charge on any atom is 0.307 e. The average molecular weight is 393 g/mol. The predicted molar refractivity (Wildman–Crippen MR) is 97.8 cm³/mol. The maximum atomic E-state index is 14.0. The van der Waals surface area contributed by atoms with Crippen LogP contribution in [0.25, 0.3) is 0 Å². The average Bonchev–Trinajstić information content (AvgIpc) is 2.67. The Morgan fingerprint density at radius 2 is 1.75 bits per heavy atom. The van der Waals surface area contributed by atoms with E-state index in [4.69, 9.17) is 0 Å². The fourth-order valence-corrected chi connectivity index (χ4v) is 2.85. The Kier molecular flexibility index (Phi) is 7.61. The highest BCUT2D eigenvalue weighted by molar-refractivity contribution is 5.78. The summed E-state index contributed by atoms with van der Waals surface area (Å²) in [7, 11) is 1.24. The lowest BCUT2D eigenvalue weighted by Gasteiger charge is -2.24. The summed E-state index contributed by atoms with van der Waals surface area (Å²) in [5, 5.41) is 0. The number of halogens is 3. The van der Waals surface area contributed by atoms with E-state index in [0.717, 1.165) is 12.1 Å². The van der Waals surface area contributed by atoms with Gasteiger partial charge in [0.15, 0.2) is 11.6 Å². The van der Waals surface area contributed by atoms with Crippen LogP contribution in [0.4, 0.5) is 13.2 Å². The highest BCUT2D eigenvalue weighted by atomic mass is 19.2. The summed E-state index contributed by atoms with van der Waals surface area (Å²) < 4.78 is 45.2. The van der Waals surface area contributed by atoms with E-state index >= 15 is 0 Å². The number of hydrogen-bond acceptors (Lipinski definition) is 3. The Morgan fingerprint density at radius 1 is 1.04 bits per heavy atom. The molecule has 4 nitrogen and oxygen atoms in total. The molecule has 0 saturated carbocycles. The van der Waals surface area contributed by atoms with Crippen LogP contribution >= 0.6 is 0 Å². The van der Waals surface area contributed by atoms with Gasteiger partial charge in [-0.15, -0.1) is 0 Å². The number of ether oxygens (including phenoxy) is 1. The van der Waals surface area contributed by atoms with E-state index < -0.39 is 23.4 Å². The first-order valence-electron chi connectivity index (χ1n) is 8.84. The molecule has 0 fully saturated rings. The fraction of sp³-hybridized carbons (Fsp3) is 0.333. The number of benzene rings is 2. The number of carbonyl (C=O) groups excluding carboxylic acids is 2. The van der Waals surface area contributed by atoms with Gasteiger partial charge in [-0.2, -0.15) is 0 Å². The number of amides is 1. The number of nitrogens with zero attached hydrogens (tertiary/aromatic N) is 1. The van der Waals surface area contributed by atoms with Crippen molar-refractivity contribution in [1.82, 2.24) is 4.90 Å². The van der Waals surface area contributed by atoms with Crippen molar-refractivity contribution in [2.45, 2.75) is 32.2 Å². The molecule has 28 heavy (non-hydrogen) atoms. The van der Waals surface area contributed by atoms with Crippen molar-refractivity contribution in [3.8, 4) is 0 Å². The third-order valence-corrected chi connectivity index (χ3v) is 4.44. The van der Waals surface area contributed by atoms with Crippen LogP contribution in [-0.4, -0.2) is 30.4 Å². The van der Waals surface area contributed by atoms with Crippen molar-refractivity contribution in [2.24, 2.45) is 0 Å². The lowest BCUT2D eigenvalue weighted by Crippen LogP contribution is -2.33. The standard InChI is InChI=1S/C21H22F3NO3/c1-14(16-5-3-4-6-17(16)22)11-20(26)25(10-9-21(27)28-2)13-15-7-8-18(23)19(24)12-15/h3-8,12,14H,9-11,13H2,1-2H3. The van der Waals surface area contributed by atoms with Crippen LogP contribution in [0, 0.1) is 17.5 Å². The van der Waals surface area contributed by atoms with Gasteiger partial charge in [-0.1, -0.05) is 31.2 Å². The SMILES string of the molecule is COC(=O)CCN(Cc1ccc(F)c(F)c1)C(=O)CC(C)c1ccccc1F. The predicted octanol–water partition coefficient (Wildman–Crippen LogP) is 4.19. The van der Waals surface area contributed by atoms with Crippen LogP contribution in [0.15, 0.2) is 42.5 Å². The zero-order valence-corrected chi connectivity index (χ0v) is 15.8. The molecule has 1 unspecified atom stereocenters. The molecule has 2 aromatic carbocycles. The molecule has 0 aliphatic carbocycles. The van der Waals surface area contributed by atoms with Crippen molar-refractivity contribution in [1.29, 1.82) is 0 Å². The molecule has 2 rings (SSSR count). The topological polar surface area (TPSA) is 46.6 Å². The van der Waals surface area contributed by atoms with Crippen molar-refractivity contribution >= 4 is 11.9 Å². The Labute approximate surface area is 161 Å². The first-order valence-corrected chi connectivity index (χ1v) is 8.84.